The predicted molar refractivity (Wildman–Crippen MR) is 189 cm³/mol. The molecule has 1 fully saturated rings. The van der Waals surface area contributed by atoms with Crippen molar-refractivity contribution < 1.29 is 33.5 Å². The van der Waals surface area contributed by atoms with Gasteiger partial charge in [0.1, 0.15) is 5.78 Å². The minimum atomic E-state index is -0.790. The summed E-state index contributed by atoms with van der Waals surface area (Å²) in [7, 11) is 0. The SMILES string of the molecule is CC(C)COCc1ccc(CC(=O)[C@H](CCCNC(N)=O)NC(=O)[C@@H](CC(=O)CCCCCN2C(=O)CC(C(C)(C)C)C2=O)C(C)C)cc1. The zero-order valence-electron chi connectivity index (χ0n) is 30.8. The number of hydrogen-bond acceptors (Lipinski definition) is 7. The molecule has 1 unspecified atom stereocenters. The molecule has 1 saturated heterocycles. The van der Waals surface area contributed by atoms with Crippen LogP contribution in [0.15, 0.2) is 24.3 Å². The Bertz CT molecular complexity index is 1270. The number of carbonyl (C=O) groups excluding carboxylic acids is 6. The molecule has 11 heteroatoms. The van der Waals surface area contributed by atoms with Crippen LogP contribution < -0.4 is 16.4 Å². The predicted octanol–water partition coefficient (Wildman–Crippen LogP) is 5.12. The number of urea groups is 1. The topological polar surface area (TPSA) is 165 Å². The van der Waals surface area contributed by atoms with Crippen LogP contribution >= 0.6 is 0 Å². The molecule has 0 saturated carbocycles. The van der Waals surface area contributed by atoms with Crippen molar-refractivity contribution in [3.8, 4) is 0 Å². The van der Waals surface area contributed by atoms with Crippen molar-refractivity contribution in [1.29, 1.82) is 0 Å². The molecule has 1 aliphatic heterocycles. The van der Waals surface area contributed by atoms with Crippen LogP contribution in [0.1, 0.15) is 111 Å². The molecule has 2 rings (SSSR count). The minimum absolute atomic E-state index is 0.0408. The van der Waals surface area contributed by atoms with Gasteiger partial charge in [0.2, 0.25) is 17.7 Å². The van der Waals surface area contributed by atoms with E-state index in [1.54, 1.807) is 0 Å². The zero-order valence-corrected chi connectivity index (χ0v) is 30.8. The molecule has 5 amide bonds. The van der Waals surface area contributed by atoms with Gasteiger partial charge in [0.25, 0.3) is 0 Å². The lowest BCUT2D eigenvalue weighted by atomic mass is 9.80. The summed E-state index contributed by atoms with van der Waals surface area (Å²) in [6.45, 7) is 15.6. The number of ketones is 2. The van der Waals surface area contributed by atoms with E-state index < -0.39 is 18.0 Å². The molecular formula is C38H60N4O7. The van der Waals surface area contributed by atoms with E-state index in [4.69, 9.17) is 10.5 Å². The van der Waals surface area contributed by atoms with Gasteiger partial charge in [0, 0.05) is 51.3 Å². The number of nitrogens with zero attached hydrogens (tertiary/aromatic N) is 1. The molecular weight excluding hydrogens is 624 g/mol. The summed E-state index contributed by atoms with van der Waals surface area (Å²) in [4.78, 5) is 77.6. The third-order valence-electron chi connectivity index (χ3n) is 9.01. The van der Waals surface area contributed by atoms with Crippen molar-refractivity contribution in [2.45, 2.75) is 119 Å². The number of amides is 5. The van der Waals surface area contributed by atoms with E-state index >= 15 is 0 Å². The highest BCUT2D eigenvalue weighted by Gasteiger charge is 2.44. The fraction of sp³-hybridized carbons (Fsp3) is 0.684. The number of nitrogens with two attached hydrogens (primary N) is 1. The summed E-state index contributed by atoms with van der Waals surface area (Å²) in [5.74, 6) is -1.38. The van der Waals surface area contributed by atoms with E-state index in [2.05, 4.69) is 24.5 Å². The summed E-state index contributed by atoms with van der Waals surface area (Å²) in [6, 6.07) is 6.19. The Morgan fingerprint density at radius 3 is 2.18 bits per heavy atom. The highest BCUT2D eigenvalue weighted by Crippen LogP contribution is 2.35. The Labute approximate surface area is 292 Å². The second kappa shape index (κ2) is 20.2. The van der Waals surface area contributed by atoms with Gasteiger partial charge in [-0.1, -0.05) is 79.2 Å². The Kier molecular flexibility index (Phi) is 17.1. The lowest BCUT2D eigenvalue weighted by Crippen LogP contribution is -2.46. The van der Waals surface area contributed by atoms with Gasteiger partial charge >= 0.3 is 6.03 Å². The first-order valence-electron chi connectivity index (χ1n) is 17.9. The number of imide groups is 1. The van der Waals surface area contributed by atoms with Crippen LogP contribution in [0, 0.1) is 29.1 Å². The molecule has 0 spiro atoms. The number of nitrogens with one attached hydrogen (secondary N) is 2. The van der Waals surface area contributed by atoms with Gasteiger partial charge in [0.05, 0.1) is 18.6 Å². The molecule has 3 atom stereocenters. The van der Waals surface area contributed by atoms with Crippen LogP contribution in [0.2, 0.25) is 0 Å². The number of carbonyl (C=O) groups is 6. The van der Waals surface area contributed by atoms with Gasteiger partial charge < -0.3 is 21.1 Å². The molecule has 1 aliphatic rings. The Morgan fingerprint density at radius 2 is 1.61 bits per heavy atom. The van der Waals surface area contributed by atoms with Gasteiger partial charge in [-0.15, -0.1) is 0 Å². The highest BCUT2D eigenvalue weighted by atomic mass is 16.5. The molecule has 1 heterocycles. The molecule has 1 aromatic carbocycles. The van der Waals surface area contributed by atoms with E-state index in [9.17, 15) is 28.8 Å². The number of Topliss-reactive ketones (excluding diaryl/α,β-unsaturated/α-hetero) is 2. The number of primary amides is 1. The zero-order chi connectivity index (χ0) is 36.7. The molecule has 49 heavy (non-hydrogen) atoms. The quantitative estimate of drug-likeness (QED) is 0.113. The van der Waals surface area contributed by atoms with Gasteiger partial charge in [-0.3, -0.25) is 28.9 Å². The number of likely N-dealkylation sites (tertiary alicyclic amines) is 1. The van der Waals surface area contributed by atoms with E-state index in [1.165, 1.54) is 4.90 Å². The smallest absolute Gasteiger partial charge is 0.312 e. The Morgan fingerprint density at radius 1 is 0.959 bits per heavy atom. The summed E-state index contributed by atoms with van der Waals surface area (Å²) in [5, 5.41) is 5.44. The maximum absolute atomic E-state index is 13.5. The van der Waals surface area contributed by atoms with Crippen LogP contribution in [-0.2, 0) is 41.7 Å². The Balaban J connectivity index is 1.92. The Hall–Kier alpha value is -3.60. The van der Waals surface area contributed by atoms with Crippen LogP contribution in [0.25, 0.3) is 0 Å². The van der Waals surface area contributed by atoms with Crippen LogP contribution in [0.5, 0.6) is 0 Å². The van der Waals surface area contributed by atoms with E-state index in [1.807, 2.05) is 58.9 Å². The molecule has 0 radical (unpaired) electrons. The second-order valence-electron chi connectivity index (χ2n) is 15.3. The molecule has 0 bridgehead atoms. The van der Waals surface area contributed by atoms with Crippen molar-refractivity contribution in [3.63, 3.8) is 0 Å². The number of ether oxygens (including phenoxy) is 1. The first kappa shape index (κ1) is 41.6. The van der Waals surface area contributed by atoms with Gasteiger partial charge in [0.15, 0.2) is 5.78 Å². The molecule has 11 nitrogen and oxygen atoms in total. The number of rotatable bonds is 22. The van der Waals surface area contributed by atoms with Crippen molar-refractivity contribution in [2.75, 3.05) is 19.7 Å². The van der Waals surface area contributed by atoms with Crippen molar-refractivity contribution in [1.82, 2.24) is 15.5 Å². The number of hydrogen-bond donors (Lipinski definition) is 3. The average Bonchev–Trinajstić information content (AvgIpc) is 3.30. The number of unbranched alkanes of at least 4 members (excludes halogenated alkanes) is 2. The number of benzene rings is 1. The largest absolute Gasteiger partial charge is 0.377 e. The maximum atomic E-state index is 13.5. The fourth-order valence-electron chi connectivity index (χ4n) is 5.94. The lowest BCUT2D eigenvalue weighted by Gasteiger charge is -2.25. The maximum Gasteiger partial charge on any atom is 0.312 e. The van der Waals surface area contributed by atoms with Crippen molar-refractivity contribution in [3.05, 3.63) is 35.4 Å². The van der Waals surface area contributed by atoms with Gasteiger partial charge in [-0.25, -0.2) is 4.79 Å². The highest BCUT2D eigenvalue weighted by molar-refractivity contribution is 6.03. The van der Waals surface area contributed by atoms with E-state index in [-0.39, 0.29) is 72.3 Å². The standard InChI is InChI=1S/C38H60N4O7/c1-25(2)23-49-24-28-16-14-27(15-17-28)20-33(44)32(13-11-18-40-37(39)48)41-35(46)30(26(3)4)21-29(43)12-9-8-10-19-42-34(45)22-31(36(42)47)38(5,6)7/h14-17,25-26,30-32H,8-13,18-24H2,1-7H3,(H,41,46)(H3,39,40,48)/t30-,31?,32-/m0/s1. The molecule has 1 aromatic rings. The van der Waals surface area contributed by atoms with Gasteiger partial charge in [-0.2, -0.15) is 0 Å². The average molecular weight is 685 g/mol. The summed E-state index contributed by atoms with van der Waals surface area (Å²) in [6.07, 6.45) is 3.37. The second-order valence-corrected chi connectivity index (χ2v) is 15.3. The summed E-state index contributed by atoms with van der Waals surface area (Å²) in [5.41, 5.74) is 6.74. The van der Waals surface area contributed by atoms with Crippen LogP contribution in [0.4, 0.5) is 4.79 Å². The molecule has 0 aliphatic carbocycles. The fourth-order valence-corrected chi connectivity index (χ4v) is 5.94. The first-order chi connectivity index (χ1) is 23.0. The molecule has 0 aromatic heterocycles. The van der Waals surface area contributed by atoms with Crippen molar-refractivity contribution in [2.24, 2.45) is 34.8 Å². The normalized spacial score (nSPS) is 16.3. The first-order valence-corrected chi connectivity index (χ1v) is 17.9. The third kappa shape index (κ3) is 14.8. The molecule has 4 N–H and O–H groups in total. The van der Waals surface area contributed by atoms with Gasteiger partial charge in [-0.05, 0) is 54.1 Å². The van der Waals surface area contributed by atoms with Crippen molar-refractivity contribution >= 4 is 35.3 Å². The summed E-state index contributed by atoms with van der Waals surface area (Å²) < 4.78 is 5.69. The molecule has 274 valence electrons. The monoisotopic (exact) mass is 684 g/mol. The summed E-state index contributed by atoms with van der Waals surface area (Å²) >= 11 is 0. The van der Waals surface area contributed by atoms with E-state index in [0.29, 0.717) is 64.2 Å². The van der Waals surface area contributed by atoms with Crippen LogP contribution in [0.3, 0.4) is 0 Å². The lowest BCUT2D eigenvalue weighted by molar-refractivity contribution is -0.140. The third-order valence-corrected chi connectivity index (χ3v) is 9.01. The van der Waals surface area contributed by atoms with Crippen LogP contribution in [-0.4, -0.2) is 66.0 Å². The van der Waals surface area contributed by atoms with E-state index in [0.717, 1.165) is 11.1 Å². The minimum Gasteiger partial charge on any atom is -0.377 e.